The third kappa shape index (κ3) is 4.92. The molecule has 2 aromatic heterocycles. The highest BCUT2D eigenvalue weighted by Gasteiger charge is 2.23. The number of rotatable bonds is 6. The van der Waals surface area contributed by atoms with Gasteiger partial charge in [0.15, 0.2) is 0 Å². The first kappa shape index (κ1) is 24.1. The number of pyridine rings is 2. The van der Waals surface area contributed by atoms with Crippen LogP contribution in [0.4, 0.5) is 5.69 Å². The maximum Gasteiger partial charge on any atom is 0.353 e. The van der Waals surface area contributed by atoms with E-state index < -0.39 is 11.5 Å². The smallest absolute Gasteiger partial charge is 0.353 e. The number of carbonyl (C=O) groups excluding carboxylic acids is 1. The number of benzene rings is 3. The molecule has 2 heterocycles. The molecular weight excluding hydrogens is 534 g/mol. The van der Waals surface area contributed by atoms with Crippen molar-refractivity contribution in [3.8, 4) is 11.1 Å². The molecule has 0 atom stereocenters. The molecule has 5 aromatic rings. The van der Waals surface area contributed by atoms with E-state index in [-0.39, 0.29) is 18.1 Å². The van der Waals surface area contributed by atoms with Crippen LogP contribution in [-0.2, 0) is 6.54 Å². The van der Waals surface area contributed by atoms with Crippen LogP contribution in [0, 0.1) is 0 Å². The number of halogens is 1. The summed E-state index contributed by atoms with van der Waals surface area (Å²) in [6, 6.07) is 24.6. The number of amides is 1. The Morgan fingerprint density at radius 3 is 2.35 bits per heavy atom. The number of aromatic carboxylic acids is 1. The van der Waals surface area contributed by atoms with E-state index in [0.29, 0.717) is 38.7 Å². The third-order valence-electron chi connectivity index (χ3n) is 5.97. The maximum atomic E-state index is 13.5. The van der Waals surface area contributed by atoms with Crippen molar-refractivity contribution >= 4 is 44.3 Å². The van der Waals surface area contributed by atoms with Gasteiger partial charge in [-0.15, -0.1) is 0 Å². The van der Waals surface area contributed by atoms with Crippen molar-refractivity contribution in [2.24, 2.45) is 0 Å². The van der Waals surface area contributed by atoms with Crippen molar-refractivity contribution in [2.45, 2.75) is 6.54 Å². The zero-order valence-electron chi connectivity index (χ0n) is 19.4. The number of hydrogen-bond donors (Lipinski definition) is 2. The van der Waals surface area contributed by atoms with E-state index in [0.717, 1.165) is 4.47 Å². The number of anilines is 1. The van der Waals surface area contributed by atoms with Gasteiger partial charge in [0, 0.05) is 27.2 Å². The van der Waals surface area contributed by atoms with E-state index in [1.165, 1.54) is 4.57 Å². The molecule has 0 aliphatic heterocycles. The average Bonchev–Trinajstić information content (AvgIpc) is 2.91. The van der Waals surface area contributed by atoms with Gasteiger partial charge in [0.25, 0.3) is 11.5 Å². The molecule has 0 saturated heterocycles. The first-order chi connectivity index (χ1) is 17.9. The van der Waals surface area contributed by atoms with Crippen LogP contribution in [0.3, 0.4) is 0 Å². The van der Waals surface area contributed by atoms with Crippen LogP contribution < -0.4 is 10.9 Å². The molecule has 0 aliphatic rings. The Kier molecular flexibility index (Phi) is 6.66. The lowest BCUT2D eigenvalue weighted by atomic mass is 9.96. The molecule has 7 nitrogen and oxygen atoms in total. The molecule has 0 unspecified atom stereocenters. The van der Waals surface area contributed by atoms with E-state index in [4.69, 9.17) is 0 Å². The number of carboxylic acids is 1. The standard InChI is InChI=1S/C29H20BrN3O4/c30-21-12-13-23-24(15-21)25(19-5-2-1-3-6-19)26(29(36)37)33(28(23)35)17-18-8-10-20(11-9-18)27(34)32-22-7-4-14-31-16-22/h1-16H,17H2,(H,32,34)(H,36,37). The predicted molar refractivity (Wildman–Crippen MR) is 146 cm³/mol. The molecule has 5 rings (SSSR count). The monoisotopic (exact) mass is 553 g/mol. The molecule has 0 radical (unpaired) electrons. The molecule has 0 spiro atoms. The molecule has 2 N–H and O–H groups in total. The minimum Gasteiger partial charge on any atom is -0.477 e. The zero-order valence-corrected chi connectivity index (χ0v) is 21.0. The fraction of sp³-hybridized carbons (Fsp3) is 0.0345. The Morgan fingerprint density at radius 1 is 0.919 bits per heavy atom. The number of fused-ring (bicyclic) bond motifs is 1. The fourth-order valence-electron chi connectivity index (χ4n) is 4.27. The normalized spacial score (nSPS) is 10.8. The summed E-state index contributed by atoms with van der Waals surface area (Å²) in [5, 5.41) is 14.0. The Bertz CT molecular complexity index is 1680. The van der Waals surface area contributed by atoms with Gasteiger partial charge in [-0.2, -0.15) is 0 Å². The summed E-state index contributed by atoms with van der Waals surface area (Å²) in [5.41, 5.74) is 2.34. The molecule has 0 fully saturated rings. The van der Waals surface area contributed by atoms with Gasteiger partial charge in [0.1, 0.15) is 5.69 Å². The lowest BCUT2D eigenvalue weighted by molar-refractivity contribution is 0.0685. The number of aromatic nitrogens is 2. The summed E-state index contributed by atoms with van der Waals surface area (Å²) in [7, 11) is 0. The second-order valence-corrected chi connectivity index (χ2v) is 9.28. The van der Waals surface area contributed by atoms with Crippen LogP contribution >= 0.6 is 15.9 Å². The lowest BCUT2D eigenvalue weighted by Crippen LogP contribution is -2.28. The van der Waals surface area contributed by atoms with Crippen LogP contribution in [0.2, 0.25) is 0 Å². The molecular formula is C29H20BrN3O4. The van der Waals surface area contributed by atoms with Crippen molar-refractivity contribution in [2.75, 3.05) is 5.32 Å². The van der Waals surface area contributed by atoms with Gasteiger partial charge in [-0.3, -0.25) is 19.1 Å². The van der Waals surface area contributed by atoms with Gasteiger partial charge in [0.2, 0.25) is 0 Å². The van der Waals surface area contributed by atoms with E-state index >= 15 is 0 Å². The largest absolute Gasteiger partial charge is 0.477 e. The Balaban J connectivity index is 1.58. The summed E-state index contributed by atoms with van der Waals surface area (Å²) in [4.78, 5) is 42.7. The van der Waals surface area contributed by atoms with Crippen LogP contribution in [-0.4, -0.2) is 26.5 Å². The van der Waals surface area contributed by atoms with Crippen LogP contribution in [0.1, 0.15) is 26.4 Å². The summed E-state index contributed by atoms with van der Waals surface area (Å²) >= 11 is 3.44. The minimum absolute atomic E-state index is 0.0246. The Hall–Kier alpha value is -4.56. The summed E-state index contributed by atoms with van der Waals surface area (Å²) < 4.78 is 2.02. The van der Waals surface area contributed by atoms with Crippen LogP contribution in [0.25, 0.3) is 21.9 Å². The van der Waals surface area contributed by atoms with E-state index in [1.54, 1.807) is 67.0 Å². The predicted octanol–water partition coefficient (Wildman–Crippen LogP) is 5.82. The molecule has 0 saturated carbocycles. The van der Waals surface area contributed by atoms with Gasteiger partial charge < -0.3 is 10.4 Å². The van der Waals surface area contributed by atoms with Crippen molar-refractivity contribution < 1.29 is 14.7 Å². The first-order valence-corrected chi connectivity index (χ1v) is 12.2. The molecule has 3 aromatic carbocycles. The van der Waals surface area contributed by atoms with Crippen LogP contribution in [0.15, 0.2) is 107 Å². The summed E-state index contributed by atoms with van der Waals surface area (Å²) in [6.07, 6.45) is 3.17. The van der Waals surface area contributed by atoms with Gasteiger partial charge in [-0.25, -0.2) is 4.79 Å². The minimum atomic E-state index is -1.20. The highest BCUT2D eigenvalue weighted by Crippen LogP contribution is 2.32. The summed E-state index contributed by atoms with van der Waals surface area (Å²) in [6.45, 7) is 0.0246. The van der Waals surface area contributed by atoms with Crippen LogP contribution in [0.5, 0.6) is 0 Å². The van der Waals surface area contributed by atoms with Gasteiger partial charge in [-0.1, -0.05) is 58.4 Å². The SMILES string of the molecule is O=C(Nc1cccnc1)c1ccc(Cn2c(C(=O)O)c(-c3ccccc3)c3cc(Br)ccc3c2=O)cc1. The zero-order chi connectivity index (χ0) is 25.9. The van der Waals surface area contributed by atoms with E-state index in [9.17, 15) is 19.5 Å². The molecule has 37 heavy (non-hydrogen) atoms. The number of carboxylic acid groups (broad SMARTS) is 1. The maximum absolute atomic E-state index is 13.5. The first-order valence-electron chi connectivity index (χ1n) is 11.4. The topological polar surface area (TPSA) is 101 Å². The fourth-order valence-corrected chi connectivity index (χ4v) is 4.63. The highest BCUT2D eigenvalue weighted by atomic mass is 79.9. The molecule has 182 valence electrons. The number of nitrogens with one attached hydrogen (secondary N) is 1. The molecule has 1 amide bonds. The quantitative estimate of drug-likeness (QED) is 0.275. The second-order valence-electron chi connectivity index (χ2n) is 8.37. The van der Waals surface area contributed by atoms with Gasteiger partial charge in [-0.05, 0) is 59.0 Å². The van der Waals surface area contributed by atoms with Crippen molar-refractivity contribution in [3.05, 3.63) is 129 Å². The molecule has 8 heteroatoms. The molecule has 0 bridgehead atoms. The lowest BCUT2D eigenvalue weighted by Gasteiger charge is -2.18. The van der Waals surface area contributed by atoms with E-state index in [1.807, 2.05) is 30.3 Å². The van der Waals surface area contributed by atoms with Crippen molar-refractivity contribution in [3.63, 3.8) is 0 Å². The Labute approximate surface area is 220 Å². The van der Waals surface area contributed by atoms with E-state index in [2.05, 4.69) is 26.2 Å². The number of hydrogen-bond acceptors (Lipinski definition) is 4. The Morgan fingerprint density at radius 2 is 1.68 bits per heavy atom. The molecule has 0 aliphatic carbocycles. The van der Waals surface area contributed by atoms with Crippen molar-refractivity contribution in [1.82, 2.24) is 9.55 Å². The average molecular weight is 554 g/mol. The van der Waals surface area contributed by atoms with Crippen molar-refractivity contribution in [1.29, 1.82) is 0 Å². The third-order valence-corrected chi connectivity index (χ3v) is 6.47. The number of nitrogens with zero attached hydrogens (tertiary/aromatic N) is 2. The summed E-state index contributed by atoms with van der Waals surface area (Å²) in [5.74, 6) is -1.50. The second kappa shape index (κ2) is 10.2. The van der Waals surface area contributed by atoms with Gasteiger partial charge >= 0.3 is 5.97 Å². The van der Waals surface area contributed by atoms with Gasteiger partial charge in [0.05, 0.1) is 18.4 Å². The highest BCUT2D eigenvalue weighted by molar-refractivity contribution is 9.10. The number of carbonyl (C=O) groups is 2.